The highest BCUT2D eigenvalue weighted by Crippen LogP contribution is 2.53. The van der Waals surface area contributed by atoms with Crippen molar-refractivity contribution < 1.29 is 9.13 Å². The number of rotatable bonds is 9. The Balaban J connectivity index is 1.37. The number of nitrogens with zero attached hydrogens (tertiary/aromatic N) is 2. The van der Waals surface area contributed by atoms with Crippen LogP contribution in [0.5, 0.6) is 0 Å². The molecule has 0 saturated carbocycles. The van der Waals surface area contributed by atoms with Crippen LogP contribution in [0.3, 0.4) is 0 Å². The van der Waals surface area contributed by atoms with Gasteiger partial charge in [0, 0.05) is 42.4 Å². The molecule has 0 amide bonds. The number of nitrogens with one attached hydrogen (secondary N) is 2. The summed E-state index contributed by atoms with van der Waals surface area (Å²) in [4.78, 5) is 9.56. The maximum absolute atomic E-state index is 15.1. The topological polar surface area (TPSA) is 59.1 Å². The zero-order valence-corrected chi connectivity index (χ0v) is 20.9. The van der Waals surface area contributed by atoms with Gasteiger partial charge in [-0.3, -0.25) is 0 Å². The smallest absolute Gasteiger partial charge is 0.227 e. The van der Waals surface area contributed by atoms with Crippen molar-refractivity contribution in [2.75, 3.05) is 32.1 Å². The van der Waals surface area contributed by atoms with Crippen LogP contribution in [-0.4, -0.2) is 36.8 Å². The second-order valence-electron chi connectivity index (χ2n) is 9.79. The van der Waals surface area contributed by atoms with Crippen molar-refractivity contribution in [2.45, 2.75) is 32.1 Å². The van der Waals surface area contributed by atoms with Crippen molar-refractivity contribution in [2.24, 2.45) is 5.41 Å². The number of fused-ring (bicyclic) bond motifs is 3. The molecule has 0 saturated heterocycles. The van der Waals surface area contributed by atoms with Crippen molar-refractivity contribution in [3.8, 4) is 11.3 Å². The van der Waals surface area contributed by atoms with Crippen molar-refractivity contribution in [1.29, 1.82) is 0 Å². The summed E-state index contributed by atoms with van der Waals surface area (Å²) in [6, 6.07) is 16.6. The lowest BCUT2D eigenvalue weighted by atomic mass is 9.64. The van der Waals surface area contributed by atoms with Gasteiger partial charge in [0.1, 0.15) is 5.83 Å². The number of hydrogen-bond acceptors (Lipinski definition) is 5. The van der Waals surface area contributed by atoms with Gasteiger partial charge in [0.15, 0.2) is 0 Å². The molecule has 5 rings (SSSR count). The molecule has 2 aliphatic rings. The molecule has 0 fully saturated rings. The Morgan fingerprint density at radius 2 is 2.03 bits per heavy atom. The summed E-state index contributed by atoms with van der Waals surface area (Å²) >= 11 is 0. The second-order valence-corrected chi connectivity index (χ2v) is 9.79. The van der Waals surface area contributed by atoms with E-state index in [-0.39, 0.29) is 11.7 Å². The number of hydrogen-bond donors (Lipinski definition) is 2. The van der Waals surface area contributed by atoms with E-state index in [0.29, 0.717) is 25.4 Å². The first-order valence-electron chi connectivity index (χ1n) is 12.6. The molecule has 1 unspecified atom stereocenters. The zero-order chi connectivity index (χ0) is 25.0. The lowest BCUT2D eigenvalue weighted by molar-refractivity contribution is 0.199. The number of methoxy groups -OCH3 is 1. The van der Waals surface area contributed by atoms with E-state index in [0.717, 1.165) is 47.6 Å². The first-order chi connectivity index (χ1) is 17.6. The number of aromatic nitrogens is 2. The van der Waals surface area contributed by atoms with Crippen LogP contribution >= 0.6 is 0 Å². The predicted molar refractivity (Wildman–Crippen MR) is 143 cm³/mol. The molecule has 2 aliphatic carbocycles. The predicted octanol–water partition coefficient (Wildman–Crippen LogP) is 6.13. The van der Waals surface area contributed by atoms with Crippen molar-refractivity contribution >= 4 is 11.6 Å². The van der Waals surface area contributed by atoms with E-state index in [2.05, 4.69) is 46.0 Å². The monoisotopic (exact) mass is 484 g/mol. The SMILES string of the molecule is COCCNCCc1cccc(Nc2ncc3c(n2)-c2ccccc2[C@H](C2(C)CC=CC=C2F)C3)c1. The van der Waals surface area contributed by atoms with E-state index in [9.17, 15) is 0 Å². The Hall–Kier alpha value is -3.35. The van der Waals surface area contributed by atoms with Crippen LogP contribution in [0.15, 0.2) is 78.8 Å². The van der Waals surface area contributed by atoms with Gasteiger partial charge in [-0.25, -0.2) is 14.4 Å². The largest absolute Gasteiger partial charge is 0.383 e. The van der Waals surface area contributed by atoms with Gasteiger partial charge in [0.05, 0.1) is 12.3 Å². The van der Waals surface area contributed by atoms with Gasteiger partial charge in [0.2, 0.25) is 5.95 Å². The lowest BCUT2D eigenvalue weighted by Crippen LogP contribution is -2.31. The minimum atomic E-state index is -0.571. The fourth-order valence-electron chi connectivity index (χ4n) is 5.29. The first kappa shape index (κ1) is 24.3. The molecular weight excluding hydrogens is 451 g/mol. The molecule has 1 heterocycles. The summed E-state index contributed by atoms with van der Waals surface area (Å²) in [6.07, 6.45) is 9.71. The summed E-state index contributed by atoms with van der Waals surface area (Å²) < 4.78 is 20.2. The van der Waals surface area contributed by atoms with Gasteiger partial charge in [-0.2, -0.15) is 0 Å². The number of halogens is 1. The van der Waals surface area contributed by atoms with Crippen LogP contribution in [0, 0.1) is 5.41 Å². The summed E-state index contributed by atoms with van der Waals surface area (Å²) in [5, 5.41) is 6.76. The molecule has 36 heavy (non-hydrogen) atoms. The van der Waals surface area contributed by atoms with Crippen LogP contribution in [0.4, 0.5) is 16.0 Å². The molecule has 0 bridgehead atoms. The number of ether oxygens (including phenoxy) is 1. The molecule has 2 aromatic carbocycles. The molecule has 5 nitrogen and oxygen atoms in total. The van der Waals surface area contributed by atoms with Crippen LogP contribution in [-0.2, 0) is 17.6 Å². The minimum absolute atomic E-state index is 0.0268. The highest BCUT2D eigenvalue weighted by Gasteiger charge is 2.42. The number of benzene rings is 2. The maximum atomic E-state index is 15.1. The van der Waals surface area contributed by atoms with E-state index in [1.54, 1.807) is 13.2 Å². The van der Waals surface area contributed by atoms with E-state index < -0.39 is 5.41 Å². The van der Waals surface area contributed by atoms with E-state index in [4.69, 9.17) is 9.72 Å². The van der Waals surface area contributed by atoms with E-state index in [1.165, 1.54) is 5.56 Å². The molecule has 0 spiro atoms. The van der Waals surface area contributed by atoms with E-state index in [1.807, 2.05) is 43.5 Å². The molecule has 0 aliphatic heterocycles. The van der Waals surface area contributed by atoms with Gasteiger partial charge >= 0.3 is 0 Å². The highest BCUT2D eigenvalue weighted by atomic mass is 19.1. The fraction of sp³-hybridized carbons (Fsp3) is 0.333. The third kappa shape index (κ3) is 4.97. The molecule has 0 radical (unpaired) electrons. The Bertz CT molecular complexity index is 1290. The van der Waals surface area contributed by atoms with Crippen LogP contribution in [0.1, 0.15) is 36.0 Å². The minimum Gasteiger partial charge on any atom is -0.383 e. The Morgan fingerprint density at radius 3 is 2.89 bits per heavy atom. The maximum Gasteiger partial charge on any atom is 0.227 e. The third-order valence-electron chi connectivity index (χ3n) is 7.37. The lowest BCUT2D eigenvalue weighted by Gasteiger charge is -2.40. The van der Waals surface area contributed by atoms with Crippen LogP contribution in [0.2, 0.25) is 0 Å². The number of allylic oxidation sites excluding steroid dienone is 4. The van der Waals surface area contributed by atoms with Gasteiger partial charge in [-0.05, 0) is 60.7 Å². The normalized spacial score (nSPS) is 20.4. The van der Waals surface area contributed by atoms with Crippen molar-refractivity contribution in [1.82, 2.24) is 15.3 Å². The quantitative estimate of drug-likeness (QED) is 0.358. The van der Waals surface area contributed by atoms with Gasteiger partial charge in [-0.1, -0.05) is 55.5 Å². The molecule has 2 atom stereocenters. The van der Waals surface area contributed by atoms with Crippen LogP contribution in [0.25, 0.3) is 11.3 Å². The van der Waals surface area contributed by atoms with Gasteiger partial charge < -0.3 is 15.4 Å². The Morgan fingerprint density at radius 1 is 1.14 bits per heavy atom. The molecular formula is C30H33FN4O. The molecule has 3 aromatic rings. The average Bonchev–Trinajstić information content (AvgIpc) is 2.90. The number of anilines is 2. The summed E-state index contributed by atoms with van der Waals surface area (Å²) in [7, 11) is 1.71. The third-order valence-corrected chi connectivity index (χ3v) is 7.37. The average molecular weight is 485 g/mol. The first-order valence-corrected chi connectivity index (χ1v) is 12.6. The van der Waals surface area contributed by atoms with E-state index >= 15 is 4.39 Å². The second kappa shape index (κ2) is 10.7. The highest BCUT2D eigenvalue weighted by molar-refractivity contribution is 5.72. The van der Waals surface area contributed by atoms with Crippen molar-refractivity contribution in [3.05, 3.63) is 95.5 Å². The van der Waals surface area contributed by atoms with Gasteiger partial charge in [-0.15, -0.1) is 0 Å². The van der Waals surface area contributed by atoms with Crippen LogP contribution < -0.4 is 10.6 Å². The molecule has 2 N–H and O–H groups in total. The van der Waals surface area contributed by atoms with Crippen molar-refractivity contribution in [3.63, 3.8) is 0 Å². The molecule has 186 valence electrons. The summed E-state index contributed by atoms with van der Waals surface area (Å²) in [5.74, 6) is 0.537. The standard InChI is InChI=1S/C30H33FN4O/c1-30(14-6-5-12-27(30)31)26-19-22-20-33-29(35-28(22)25-11-4-3-10-24(25)26)34-23-9-7-8-21(18-23)13-15-32-16-17-36-2/h3-12,18,20,26,32H,13-17,19H2,1-2H3,(H,33,34,35)/t26-,30?/m1/s1. The fourth-order valence-corrected chi connectivity index (χ4v) is 5.29. The van der Waals surface area contributed by atoms with Gasteiger partial charge in [0.25, 0.3) is 0 Å². The zero-order valence-electron chi connectivity index (χ0n) is 20.9. The Kier molecular flexibility index (Phi) is 7.25. The molecule has 6 heteroatoms. The summed E-state index contributed by atoms with van der Waals surface area (Å²) in [6.45, 7) is 4.48. The molecule has 1 aromatic heterocycles. The summed E-state index contributed by atoms with van der Waals surface area (Å²) in [5.41, 5.74) is 5.83. The Labute approximate surface area is 212 Å².